The van der Waals surface area contributed by atoms with Crippen LogP contribution < -0.4 is 11.1 Å². The molecule has 0 aliphatic heterocycles. The minimum absolute atomic E-state index is 0.0258. The summed E-state index contributed by atoms with van der Waals surface area (Å²) in [5.74, 6) is -2.26. The summed E-state index contributed by atoms with van der Waals surface area (Å²) in [5, 5.41) is 20.4. The number of nitrogens with zero attached hydrogens (tertiary/aromatic N) is 3. The molecule has 0 fully saturated rings. The zero-order valence-corrected chi connectivity index (χ0v) is 24.7. The van der Waals surface area contributed by atoms with Crippen molar-refractivity contribution in [2.75, 3.05) is 6.61 Å². The first-order valence-corrected chi connectivity index (χ1v) is 14.8. The zero-order chi connectivity index (χ0) is 31.9. The number of carbonyl (C=O) groups excluding carboxylic acids is 2. The smallest absolute Gasteiger partial charge is 0.457 e. The number of aromatic nitrogens is 3. The number of aliphatic hydroxyl groups excluding tert-OH is 1. The molecular weight excluding hydrogens is 599 g/mol. The highest BCUT2D eigenvalue weighted by Gasteiger charge is 2.38. The summed E-state index contributed by atoms with van der Waals surface area (Å²) in [6.07, 6.45) is 1.31. The Hall–Kier alpha value is -4.40. The van der Waals surface area contributed by atoms with Crippen LogP contribution >= 0.6 is 7.82 Å². The van der Waals surface area contributed by atoms with Crippen molar-refractivity contribution >= 4 is 19.7 Å². The first-order chi connectivity index (χ1) is 20.8. The lowest BCUT2D eigenvalue weighted by Crippen LogP contribution is -2.44. The van der Waals surface area contributed by atoms with Gasteiger partial charge in [-0.2, -0.15) is 0 Å². The maximum absolute atomic E-state index is 13.1. The monoisotopic (exact) mass is 630 g/mol. The number of rotatable bonds is 14. The summed E-state index contributed by atoms with van der Waals surface area (Å²) >= 11 is 0. The fourth-order valence-electron chi connectivity index (χ4n) is 4.35. The third-order valence-electron chi connectivity index (χ3n) is 6.72. The number of ether oxygens (including phenoxy) is 1. The van der Waals surface area contributed by atoms with E-state index in [-0.39, 0.29) is 30.1 Å². The van der Waals surface area contributed by atoms with Gasteiger partial charge in [0.2, 0.25) is 0 Å². The lowest BCUT2D eigenvalue weighted by Gasteiger charge is -2.30. The van der Waals surface area contributed by atoms with Crippen molar-refractivity contribution in [2.24, 2.45) is 5.41 Å². The number of carbonyl (C=O) groups is 2. The van der Waals surface area contributed by atoms with Crippen LogP contribution in [0, 0.1) is 12.3 Å². The van der Waals surface area contributed by atoms with Crippen LogP contribution in [0.25, 0.3) is 11.1 Å². The third kappa shape index (κ3) is 8.81. The second kappa shape index (κ2) is 13.9. The van der Waals surface area contributed by atoms with Gasteiger partial charge < -0.3 is 33.8 Å². The molecule has 0 aliphatic rings. The minimum Gasteiger partial charge on any atom is -0.457 e. The van der Waals surface area contributed by atoms with E-state index >= 15 is 0 Å². The van der Waals surface area contributed by atoms with Crippen LogP contribution in [0.2, 0.25) is 0 Å². The summed E-state index contributed by atoms with van der Waals surface area (Å²) in [5.41, 5.74) is 1.15. The van der Waals surface area contributed by atoms with Crippen molar-refractivity contribution in [3.8, 4) is 11.1 Å². The predicted octanol–water partition coefficient (Wildman–Crippen LogP) is 2.34. The molecule has 2 atom stereocenters. The Morgan fingerprint density at radius 2 is 1.77 bits per heavy atom. The van der Waals surface area contributed by atoms with E-state index in [4.69, 9.17) is 23.4 Å². The van der Waals surface area contributed by atoms with Crippen molar-refractivity contribution < 1.29 is 47.1 Å². The number of aryl methyl sites for hydroxylation is 1. The Kier molecular flexibility index (Phi) is 10.3. The van der Waals surface area contributed by atoms with Gasteiger partial charge in [0.05, 0.1) is 18.2 Å². The highest BCUT2D eigenvalue weighted by atomic mass is 31.2. The van der Waals surface area contributed by atoms with Gasteiger partial charge in [0, 0.05) is 6.04 Å². The summed E-state index contributed by atoms with van der Waals surface area (Å²) in [6, 6.07) is 16.6. The zero-order valence-electron chi connectivity index (χ0n) is 23.8. The van der Waals surface area contributed by atoms with Crippen LogP contribution in [0.5, 0.6) is 0 Å². The number of aliphatic hydroxyl groups is 1. The molecule has 0 saturated heterocycles. The Labute approximate surface area is 250 Å². The van der Waals surface area contributed by atoms with Crippen LogP contribution in [0.4, 0.5) is 0 Å². The molecule has 0 bridgehead atoms. The number of phosphoric ester groups is 1. The molecule has 2 aromatic carbocycles. The van der Waals surface area contributed by atoms with Gasteiger partial charge in [-0.15, -0.1) is 5.10 Å². The topological polar surface area (TPSA) is 216 Å². The van der Waals surface area contributed by atoms with Crippen LogP contribution in [0.3, 0.4) is 0 Å². The first-order valence-electron chi connectivity index (χ1n) is 13.3. The molecule has 234 valence electrons. The number of amides is 1. The van der Waals surface area contributed by atoms with E-state index in [0.717, 1.165) is 27.6 Å². The molecule has 4 N–H and O–H groups in total. The number of esters is 1. The van der Waals surface area contributed by atoms with Crippen molar-refractivity contribution in [2.45, 2.75) is 46.1 Å². The second-order valence-corrected chi connectivity index (χ2v) is 11.5. The number of phosphoric acid groups is 1. The number of benzene rings is 2. The van der Waals surface area contributed by atoms with E-state index in [1.54, 1.807) is 0 Å². The molecule has 2 heterocycles. The average molecular weight is 631 g/mol. The minimum atomic E-state index is -4.78. The highest BCUT2D eigenvalue weighted by Crippen LogP contribution is 2.36. The highest BCUT2D eigenvalue weighted by molar-refractivity contribution is 7.46. The van der Waals surface area contributed by atoms with Gasteiger partial charge in [0.1, 0.15) is 0 Å². The van der Waals surface area contributed by atoms with E-state index in [1.807, 2.05) is 54.6 Å². The SMILES string of the molecule is Cc1oc(=O)oc1COC(=O)C(C)(CO)CC(Cc1ccc(-c2ccccc2)cc1)NC(=O)c1cn(COP(=O)(O)O)nn1. The molecule has 16 heteroatoms. The van der Waals surface area contributed by atoms with E-state index in [1.165, 1.54) is 13.8 Å². The van der Waals surface area contributed by atoms with Gasteiger partial charge in [-0.05, 0) is 43.4 Å². The molecule has 2 aromatic heterocycles. The number of nitrogens with one attached hydrogen (secondary N) is 1. The van der Waals surface area contributed by atoms with Crippen molar-refractivity contribution in [1.29, 1.82) is 0 Å². The summed E-state index contributed by atoms with van der Waals surface area (Å²) in [7, 11) is -4.78. The van der Waals surface area contributed by atoms with Gasteiger partial charge in [0.25, 0.3) is 5.91 Å². The molecule has 0 saturated carbocycles. The van der Waals surface area contributed by atoms with Gasteiger partial charge in [0.15, 0.2) is 30.6 Å². The van der Waals surface area contributed by atoms with Crippen LogP contribution in [-0.2, 0) is 38.4 Å². The van der Waals surface area contributed by atoms with Crippen molar-refractivity contribution in [3.63, 3.8) is 0 Å². The van der Waals surface area contributed by atoms with Gasteiger partial charge >= 0.3 is 19.6 Å². The standard InChI is InChI=1S/C28H31N4O11P/c1-18-24(43-27(36)42-18)15-40-26(35)28(2,16-33)13-22(12-19-8-10-21(11-9-19)20-6-4-3-5-7-20)29-25(34)23-14-32(31-30-23)17-41-44(37,38)39/h3-11,14,22,33H,12-13,15-17H2,1-2H3,(H,29,34)(H2,37,38,39). The molecule has 0 spiro atoms. The molecule has 0 radical (unpaired) electrons. The van der Waals surface area contributed by atoms with Gasteiger partial charge in [-0.3, -0.25) is 14.1 Å². The third-order valence-corrected chi connectivity index (χ3v) is 7.17. The van der Waals surface area contributed by atoms with E-state index < -0.39 is 56.9 Å². The molecule has 4 aromatic rings. The van der Waals surface area contributed by atoms with Crippen LogP contribution in [0.1, 0.15) is 40.9 Å². The lowest BCUT2D eigenvalue weighted by molar-refractivity contribution is -0.160. The van der Waals surface area contributed by atoms with Crippen molar-refractivity contribution in [1.82, 2.24) is 20.3 Å². The van der Waals surface area contributed by atoms with Gasteiger partial charge in [-0.25, -0.2) is 14.0 Å². The quantitative estimate of drug-likeness (QED) is 0.116. The Balaban J connectivity index is 1.52. The summed E-state index contributed by atoms with van der Waals surface area (Å²) in [6.45, 7) is 1.27. The summed E-state index contributed by atoms with van der Waals surface area (Å²) < 4.78 is 31.2. The molecular formula is C28H31N4O11P. The Morgan fingerprint density at radius 3 is 2.39 bits per heavy atom. The molecule has 15 nitrogen and oxygen atoms in total. The Morgan fingerprint density at radius 1 is 1.09 bits per heavy atom. The molecule has 1 amide bonds. The largest absolute Gasteiger partial charge is 0.519 e. The molecule has 0 aliphatic carbocycles. The van der Waals surface area contributed by atoms with Crippen molar-refractivity contribution in [3.05, 3.63) is 94.2 Å². The van der Waals surface area contributed by atoms with Crippen LogP contribution in [-0.4, -0.2) is 54.4 Å². The molecule has 2 unspecified atom stereocenters. The number of hydrogen-bond acceptors (Lipinski definition) is 11. The summed E-state index contributed by atoms with van der Waals surface area (Å²) in [4.78, 5) is 55.4. The molecule has 4 rings (SSSR count). The fraction of sp³-hybridized carbons (Fsp3) is 0.321. The number of hydrogen-bond donors (Lipinski definition) is 4. The van der Waals surface area contributed by atoms with Crippen LogP contribution in [0.15, 0.2) is 74.4 Å². The second-order valence-electron chi connectivity index (χ2n) is 10.3. The Bertz CT molecular complexity index is 1680. The van der Waals surface area contributed by atoms with E-state index in [0.29, 0.717) is 0 Å². The lowest BCUT2D eigenvalue weighted by atomic mass is 9.82. The van der Waals surface area contributed by atoms with E-state index in [9.17, 15) is 24.1 Å². The maximum atomic E-state index is 13.1. The van der Waals surface area contributed by atoms with E-state index in [2.05, 4.69) is 20.2 Å². The maximum Gasteiger partial charge on any atom is 0.519 e. The normalized spacial score (nSPS) is 13.7. The van der Waals surface area contributed by atoms with Gasteiger partial charge in [-0.1, -0.05) is 59.8 Å². The molecule has 44 heavy (non-hydrogen) atoms. The first kappa shape index (κ1) is 32.5. The predicted molar refractivity (Wildman–Crippen MR) is 152 cm³/mol. The average Bonchev–Trinajstić information content (AvgIpc) is 3.60. The fourth-order valence-corrected chi connectivity index (χ4v) is 4.62.